The molecule has 0 saturated carbocycles. The number of nitrogens with zero attached hydrogens (tertiary/aromatic N) is 1. The number of benzene rings is 7. The summed E-state index contributed by atoms with van der Waals surface area (Å²) in [6.07, 6.45) is -11.7. The predicted octanol–water partition coefficient (Wildman–Crippen LogP) is 13.2. The van der Waals surface area contributed by atoms with Crippen LogP contribution in [0.4, 0.5) is 4.79 Å². The highest BCUT2D eigenvalue weighted by atomic mass is 28.4. The summed E-state index contributed by atoms with van der Waals surface area (Å²) in [4.78, 5) is 29.9. The first-order chi connectivity index (χ1) is 42.7. The smallest absolute Gasteiger partial charge is 0.410 e. The molecule has 0 radical (unpaired) electrons. The SMILES string of the molecule is CC(=O)O[C@@H]1[C@@H](O[C@H]2[C@@H](OCc3ccccc3)O[C@H]([C@H](COCc3ccccc3)N(C)C(=O)OCc3ccccc3)[C@@H](OCc3ccccc3)[C@@H]2OCc2ccccc2)O[C@H](CO[Si](C)(C)C(C)(C)C)[C@@H](OCc2ccccc2)[C@@H]1OCc1ccccc1. The van der Waals surface area contributed by atoms with E-state index in [1.807, 2.05) is 212 Å². The van der Waals surface area contributed by atoms with E-state index in [2.05, 4.69) is 33.9 Å². The van der Waals surface area contributed by atoms with Crippen molar-refractivity contribution in [2.45, 2.75) is 160 Å². The number of ether oxygens (including phenoxy) is 11. The van der Waals surface area contributed by atoms with Crippen LogP contribution in [0, 0.1) is 0 Å². The quantitative estimate of drug-likeness (QED) is 0.0323. The van der Waals surface area contributed by atoms with Gasteiger partial charge in [-0.15, -0.1) is 0 Å². The molecule has 2 aliphatic heterocycles. The van der Waals surface area contributed by atoms with Gasteiger partial charge in [0.05, 0.1) is 58.9 Å². The number of carbonyl (C=O) groups excluding carboxylic acids is 2. The Bertz CT molecular complexity index is 3130. The summed E-state index contributed by atoms with van der Waals surface area (Å²) in [5.41, 5.74) is 6.12. The van der Waals surface area contributed by atoms with Crippen LogP contribution in [-0.2, 0) is 108 Å². The maximum absolute atomic E-state index is 14.7. The van der Waals surface area contributed by atoms with Crippen molar-refractivity contribution in [1.82, 2.24) is 4.90 Å². The van der Waals surface area contributed by atoms with Crippen LogP contribution in [0.25, 0.3) is 0 Å². The van der Waals surface area contributed by atoms with Gasteiger partial charge in [0.15, 0.2) is 27.0 Å². The second kappa shape index (κ2) is 32.5. The molecule has 2 heterocycles. The van der Waals surface area contributed by atoms with E-state index in [4.69, 9.17) is 56.5 Å². The zero-order chi connectivity index (χ0) is 61.7. The molecule has 0 aliphatic carbocycles. The van der Waals surface area contributed by atoms with E-state index >= 15 is 0 Å². The molecule has 2 saturated heterocycles. The highest BCUT2D eigenvalue weighted by Gasteiger charge is 2.57. The third-order valence-corrected chi connectivity index (χ3v) is 20.8. The number of rotatable bonds is 29. The molecular weight excluding hydrogens is 1130 g/mol. The van der Waals surface area contributed by atoms with Gasteiger partial charge in [-0.05, 0) is 57.1 Å². The topological polar surface area (TPSA) is 148 Å². The van der Waals surface area contributed by atoms with Crippen molar-refractivity contribution in [3.63, 3.8) is 0 Å². The Labute approximate surface area is 520 Å². The fraction of sp³-hybridized carbons (Fsp3) is 0.389. The van der Waals surface area contributed by atoms with Crippen molar-refractivity contribution in [2.24, 2.45) is 0 Å². The van der Waals surface area contributed by atoms with Crippen LogP contribution in [0.15, 0.2) is 212 Å². The molecule has 2 aliphatic rings. The van der Waals surface area contributed by atoms with E-state index in [1.165, 1.54) is 11.8 Å². The van der Waals surface area contributed by atoms with Crippen LogP contribution in [0.5, 0.6) is 0 Å². The molecule has 0 unspecified atom stereocenters. The molecule has 1 amide bonds. The van der Waals surface area contributed by atoms with Crippen LogP contribution >= 0.6 is 0 Å². The molecule has 0 N–H and O–H groups in total. The van der Waals surface area contributed by atoms with Crippen LogP contribution in [0.1, 0.15) is 66.6 Å². The third kappa shape index (κ3) is 18.8. The lowest BCUT2D eigenvalue weighted by Gasteiger charge is -2.51. The molecule has 7 aromatic rings. The van der Waals surface area contributed by atoms with E-state index in [0.717, 1.165) is 38.9 Å². The Kier molecular flexibility index (Phi) is 24.2. The molecule has 2 fully saturated rings. The number of carbonyl (C=O) groups is 2. The summed E-state index contributed by atoms with van der Waals surface area (Å²) < 4.78 is 84.0. The van der Waals surface area contributed by atoms with Gasteiger partial charge in [0.2, 0.25) is 0 Å². The summed E-state index contributed by atoms with van der Waals surface area (Å²) in [6.45, 7) is 13.1. The highest BCUT2D eigenvalue weighted by molar-refractivity contribution is 6.74. The van der Waals surface area contributed by atoms with Gasteiger partial charge in [0.25, 0.3) is 0 Å². The second-order valence-electron chi connectivity index (χ2n) is 23.8. The number of amides is 1. The molecular formula is C72H85NO14Si. The summed E-state index contributed by atoms with van der Waals surface area (Å²) in [5.74, 6) is -0.605. The maximum atomic E-state index is 14.7. The lowest BCUT2D eigenvalue weighted by atomic mass is 9.92. The molecule has 11 atom stereocenters. The van der Waals surface area contributed by atoms with Crippen LogP contribution < -0.4 is 0 Å². The largest absolute Gasteiger partial charge is 0.454 e. The first kappa shape index (κ1) is 65.5. The van der Waals surface area contributed by atoms with E-state index in [9.17, 15) is 9.59 Å². The molecule has 9 rings (SSSR count). The van der Waals surface area contributed by atoms with Gasteiger partial charge in [-0.1, -0.05) is 233 Å². The Hall–Kier alpha value is -6.90. The lowest BCUT2D eigenvalue weighted by Crippen LogP contribution is -2.69. The molecule has 15 nitrogen and oxygen atoms in total. The summed E-state index contributed by atoms with van der Waals surface area (Å²) >= 11 is 0. The molecule has 466 valence electrons. The third-order valence-electron chi connectivity index (χ3n) is 16.3. The normalized spacial score (nSPS) is 22.5. The molecule has 0 aromatic heterocycles. The van der Waals surface area contributed by atoms with Gasteiger partial charge in [-0.25, -0.2) is 4.79 Å². The minimum absolute atomic E-state index is 0.0175. The molecule has 16 heteroatoms. The summed E-state index contributed by atoms with van der Waals surface area (Å²) in [6, 6.07) is 67.3. The van der Waals surface area contributed by atoms with E-state index < -0.39 is 87.8 Å². The standard InChI is InChI=1S/C72H85NO14Si/c1-52(74)84-68-65(79-46-56-35-21-11-22-36-56)63(77-44-54-31-17-9-18-32-54)61(51-83-88(6,7)72(2,3)4)85-70(68)87-67-66(80-47-57-37-23-12-24-38-57)64(78-45-55-33-19-10-20-34-55)62(86-69(67)81-48-58-39-25-13-26-40-58)60(50-76-43-53-29-15-8-16-30-53)73(5)71(75)82-49-59-41-27-14-28-42-59/h8-42,60-70H,43-51H2,1-7H3/t60-,61+,62+,63+,64+,65-,66-,67+,68-,69-,70+/m0/s1. The van der Waals surface area contributed by atoms with Crippen LogP contribution in [0.2, 0.25) is 18.1 Å². The minimum atomic E-state index is -2.47. The number of esters is 1. The molecule has 0 bridgehead atoms. The highest BCUT2D eigenvalue weighted by Crippen LogP contribution is 2.41. The summed E-state index contributed by atoms with van der Waals surface area (Å²) in [5, 5.41) is -0.171. The van der Waals surface area contributed by atoms with Crippen molar-refractivity contribution < 1.29 is 66.1 Å². The fourth-order valence-electron chi connectivity index (χ4n) is 10.4. The average molecular weight is 1220 g/mol. The first-order valence-electron chi connectivity index (χ1n) is 30.3. The van der Waals surface area contributed by atoms with Crippen LogP contribution in [-0.4, -0.2) is 113 Å². The molecule has 7 aromatic carbocycles. The minimum Gasteiger partial charge on any atom is -0.454 e. The number of hydrogen-bond donors (Lipinski definition) is 0. The number of likely N-dealkylation sites (N-methyl/N-ethyl adjacent to an activating group) is 1. The van der Waals surface area contributed by atoms with Gasteiger partial charge >= 0.3 is 12.1 Å². The zero-order valence-corrected chi connectivity index (χ0v) is 52.6. The van der Waals surface area contributed by atoms with Crippen LogP contribution in [0.3, 0.4) is 0 Å². The Balaban J connectivity index is 1.17. The van der Waals surface area contributed by atoms with E-state index in [-0.39, 0.29) is 64.5 Å². The van der Waals surface area contributed by atoms with Gasteiger partial charge in [0, 0.05) is 14.0 Å². The van der Waals surface area contributed by atoms with Gasteiger partial charge in [0.1, 0.15) is 49.3 Å². The van der Waals surface area contributed by atoms with E-state index in [0.29, 0.717) is 0 Å². The molecule has 0 spiro atoms. The van der Waals surface area contributed by atoms with E-state index in [1.54, 1.807) is 7.05 Å². The van der Waals surface area contributed by atoms with Gasteiger partial charge in [-0.2, -0.15) is 0 Å². The van der Waals surface area contributed by atoms with Crippen molar-refractivity contribution in [3.8, 4) is 0 Å². The van der Waals surface area contributed by atoms with Crippen molar-refractivity contribution in [2.75, 3.05) is 20.3 Å². The summed E-state index contributed by atoms with van der Waals surface area (Å²) in [7, 11) is -0.807. The number of hydrogen-bond acceptors (Lipinski definition) is 14. The van der Waals surface area contributed by atoms with Crippen molar-refractivity contribution in [3.05, 3.63) is 251 Å². The fourth-order valence-corrected chi connectivity index (χ4v) is 11.4. The first-order valence-corrected chi connectivity index (χ1v) is 33.2. The predicted molar refractivity (Wildman–Crippen MR) is 336 cm³/mol. The monoisotopic (exact) mass is 1220 g/mol. The second-order valence-corrected chi connectivity index (χ2v) is 28.6. The Morgan fingerprint density at radius 1 is 0.466 bits per heavy atom. The van der Waals surface area contributed by atoms with Crippen molar-refractivity contribution in [1.29, 1.82) is 0 Å². The Morgan fingerprint density at radius 2 is 0.841 bits per heavy atom. The average Bonchev–Trinajstić information content (AvgIpc) is 1.12. The zero-order valence-electron chi connectivity index (χ0n) is 51.6. The maximum Gasteiger partial charge on any atom is 0.410 e. The lowest BCUT2D eigenvalue weighted by molar-refractivity contribution is -0.381. The molecule has 88 heavy (non-hydrogen) atoms. The van der Waals surface area contributed by atoms with Crippen molar-refractivity contribution >= 4 is 20.4 Å². The van der Waals surface area contributed by atoms with Gasteiger partial charge < -0.3 is 61.4 Å². The van der Waals surface area contributed by atoms with Gasteiger partial charge in [-0.3, -0.25) is 4.79 Å². The Morgan fingerprint density at radius 3 is 1.26 bits per heavy atom.